The molecule has 0 N–H and O–H groups in total. The standard InChI is InChI=1S/C17H19N3O3/c1-12-14(10-18-19(12)2)17(22)23-11-16(21)20-9-5-7-13-6-3-4-8-15(13)20/h3-4,6,8,10H,5,7,9,11H2,1-2H3. The van der Waals surface area contributed by atoms with E-state index >= 15 is 0 Å². The van der Waals surface area contributed by atoms with E-state index in [9.17, 15) is 9.59 Å². The molecule has 3 rings (SSSR count). The Morgan fingerprint density at radius 1 is 1.30 bits per heavy atom. The Labute approximate surface area is 134 Å². The average Bonchev–Trinajstić information content (AvgIpc) is 2.91. The van der Waals surface area contributed by atoms with Crippen LogP contribution in [0.5, 0.6) is 0 Å². The molecule has 1 amide bonds. The maximum Gasteiger partial charge on any atom is 0.342 e. The highest BCUT2D eigenvalue weighted by Gasteiger charge is 2.23. The minimum atomic E-state index is -0.519. The zero-order chi connectivity index (χ0) is 16.4. The fraction of sp³-hybridized carbons (Fsp3) is 0.353. The predicted octanol–water partition coefficient (Wildman–Crippen LogP) is 1.86. The highest BCUT2D eigenvalue weighted by molar-refractivity contribution is 5.98. The van der Waals surface area contributed by atoms with Gasteiger partial charge in [0, 0.05) is 25.0 Å². The lowest BCUT2D eigenvalue weighted by molar-refractivity contribution is -0.121. The topological polar surface area (TPSA) is 64.4 Å². The molecule has 0 bridgehead atoms. The van der Waals surface area contributed by atoms with Gasteiger partial charge in [0.05, 0.1) is 6.20 Å². The first-order valence-electron chi connectivity index (χ1n) is 7.62. The van der Waals surface area contributed by atoms with E-state index in [0.717, 1.165) is 24.1 Å². The van der Waals surface area contributed by atoms with Gasteiger partial charge in [0.2, 0.25) is 0 Å². The lowest BCUT2D eigenvalue weighted by atomic mass is 10.0. The molecule has 2 heterocycles. The second-order valence-corrected chi connectivity index (χ2v) is 5.62. The highest BCUT2D eigenvalue weighted by atomic mass is 16.5. The van der Waals surface area contributed by atoms with Crippen LogP contribution in [0, 0.1) is 6.92 Å². The summed E-state index contributed by atoms with van der Waals surface area (Å²) in [6.07, 6.45) is 3.34. The summed E-state index contributed by atoms with van der Waals surface area (Å²) >= 11 is 0. The number of fused-ring (bicyclic) bond motifs is 1. The molecular weight excluding hydrogens is 294 g/mol. The van der Waals surface area contributed by atoms with Gasteiger partial charge >= 0.3 is 5.97 Å². The second kappa shape index (κ2) is 6.24. The van der Waals surface area contributed by atoms with Crippen LogP contribution in [-0.4, -0.2) is 34.8 Å². The third-order valence-electron chi connectivity index (χ3n) is 4.19. The number of aryl methyl sites for hydroxylation is 2. The Morgan fingerprint density at radius 2 is 2.09 bits per heavy atom. The van der Waals surface area contributed by atoms with Crippen LogP contribution < -0.4 is 4.90 Å². The molecule has 1 aliphatic heterocycles. The molecule has 0 spiro atoms. The van der Waals surface area contributed by atoms with E-state index in [1.807, 2.05) is 24.3 Å². The van der Waals surface area contributed by atoms with Crippen LogP contribution in [0.3, 0.4) is 0 Å². The fourth-order valence-corrected chi connectivity index (χ4v) is 2.77. The zero-order valence-electron chi connectivity index (χ0n) is 13.3. The lowest BCUT2D eigenvalue weighted by Crippen LogP contribution is -2.38. The van der Waals surface area contributed by atoms with Crippen LogP contribution in [0.15, 0.2) is 30.5 Å². The van der Waals surface area contributed by atoms with Crippen molar-refractivity contribution >= 4 is 17.6 Å². The van der Waals surface area contributed by atoms with Crippen molar-refractivity contribution in [2.75, 3.05) is 18.1 Å². The van der Waals surface area contributed by atoms with E-state index in [2.05, 4.69) is 5.10 Å². The number of nitrogens with zero attached hydrogens (tertiary/aromatic N) is 3. The predicted molar refractivity (Wildman–Crippen MR) is 85.3 cm³/mol. The Kier molecular flexibility index (Phi) is 4.14. The van der Waals surface area contributed by atoms with Crippen molar-refractivity contribution in [1.29, 1.82) is 0 Å². The van der Waals surface area contributed by atoms with E-state index < -0.39 is 5.97 Å². The van der Waals surface area contributed by atoms with Crippen molar-refractivity contribution < 1.29 is 14.3 Å². The summed E-state index contributed by atoms with van der Waals surface area (Å²) in [7, 11) is 1.75. The van der Waals surface area contributed by atoms with E-state index in [1.165, 1.54) is 6.20 Å². The number of aromatic nitrogens is 2. The molecule has 1 aromatic heterocycles. The van der Waals surface area contributed by atoms with Crippen molar-refractivity contribution in [3.8, 4) is 0 Å². The largest absolute Gasteiger partial charge is 0.452 e. The molecule has 6 heteroatoms. The highest BCUT2D eigenvalue weighted by Crippen LogP contribution is 2.26. The van der Waals surface area contributed by atoms with E-state index in [-0.39, 0.29) is 12.5 Å². The normalized spacial score (nSPS) is 13.6. The van der Waals surface area contributed by atoms with Gasteiger partial charge in [0.25, 0.3) is 5.91 Å². The number of amides is 1. The maximum atomic E-state index is 12.4. The second-order valence-electron chi connectivity index (χ2n) is 5.62. The molecule has 0 radical (unpaired) electrons. The number of benzene rings is 1. The smallest absolute Gasteiger partial charge is 0.342 e. The van der Waals surface area contributed by atoms with Crippen LogP contribution >= 0.6 is 0 Å². The lowest BCUT2D eigenvalue weighted by Gasteiger charge is -2.29. The number of hydrogen-bond donors (Lipinski definition) is 0. The first-order chi connectivity index (χ1) is 11.1. The number of para-hydroxylation sites is 1. The number of carbonyl (C=O) groups excluding carboxylic acids is 2. The van der Waals surface area contributed by atoms with Crippen LogP contribution in [0.25, 0.3) is 0 Å². The van der Waals surface area contributed by atoms with Gasteiger partial charge in [-0.05, 0) is 31.4 Å². The van der Waals surface area contributed by atoms with Gasteiger partial charge in [-0.15, -0.1) is 0 Å². The third kappa shape index (κ3) is 2.97. The summed E-state index contributed by atoms with van der Waals surface area (Å²) < 4.78 is 6.77. The van der Waals surface area contributed by atoms with Gasteiger partial charge in [-0.1, -0.05) is 18.2 Å². The molecule has 120 valence electrons. The van der Waals surface area contributed by atoms with Crippen LogP contribution in [0.2, 0.25) is 0 Å². The monoisotopic (exact) mass is 313 g/mol. The summed E-state index contributed by atoms with van der Waals surface area (Å²) in [6.45, 7) is 2.17. The van der Waals surface area contributed by atoms with Crippen molar-refractivity contribution in [3.05, 3.63) is 47.3 Å². The molecular formula is C17H19N3O3. The Morgan fingerprint density at radius 3 is 2.83 bits per heavy atom. The van der Waals surface area contributed by atoms with Crippen molar-refractivity contribution in [2.24, 2.45) is 7.05 Å². The molecule has 0 saturated heterocycles. The van der Waals surface area contributed by atoms with E-state index in [0.29, 0.717) is 17.8 Å². The van der Waals surface area contributed by atoms with Gasteiger partial charge in [-0.25, -0.2) is 4.79 Å². The summed E-state index contributed by atoms with van der Waals surface area (Å²) in [4.78, 5) is 26.2. The summed E-state index contributed by atoms with van der Waals surface area (Å²) in [5.74, 6) is -0.721. The molecule has 0 fully saturated rings. The fourth-order valence-electron chi connectivity index (χ4n) is 2.77. The van der Waals surface area contributed by atoms with Gasteiger partial charge in [-0.2, -0.15) is 5.10 Å². The molecule has 0 aliphatic carbocycles. The van der Waals surface area contributed by atoms with Crippen LogP contribution in [0.4, 0.5) is 5.69 Å². The van der Waals surface area contributed by atoms with Crippen molar-refractivity contribution in [3.63, 3.8) is 0 Å². The first kappa shape index (κ1) is 15.3. The molecule has 23 heavy (non-hydrogen) atoms. The van der Waals surface area contributed by atoms with Gasteiger partial charge < -0.3 is 9.64 Å². The number of anilines is 1. The zero-order valence-corrected chi connectivity index (χ0v) is 13.3. The minimum absolute atomic E-state index is 0.202. The number of carbonyl (C=O) groups is 2. The van der Waals surface area contributed by atoms with Gasteiger partial charge in [0.15, 0.2) is 6.61 Å². The third-order valence-corrected chi connectivity index (χ3v) is 4.19. The summed E-state index contributed by atoms with van der Waals surface area (Å²) in [5, 5.41) is 4.00. The Hall–Kier alpha value is -2.63. The summed E-state index contributed by atoms with van der Waals surface area (Å²) in [5.41, 5.74) is 3.17. The van der Waals surface area contributed by atoms with E-state index in [1.54, 1.807) is 23.6 Å². The quantitative estimate of drug-likeness (QED) is 0.811. The average molecular weight is 313 g/mol. The molecule has 0 saturated carbocycles. The van der Waals surface area contributed by atoms with Crippen molar-refractivity contribution in [1.82, 2.24) is 9.78 Å². The Bertz CT molecular complexity index is 751. The number of ether oxygens (including phenoxy) is 1. The van der Waals surface area contributed by atoms with Gasteiger partial charge in [-0.3, -0.25) is 9.48 Å². The molecule has 1 aliphatic rings. The van der Waals surface area contributed by atoms with Crippen molar-refractivity contribution in [2.45, 2.75) is 19.8 Å². The summed E-state index contributed by atoms with van der Waals surface area (Å²) in [6, 6.07) is 7.84. The van der Waals surface area contributed by atoms with Crippen LogP contribution in [-0.2, 0) is 23.0 Å². The SMILES string of the molecule is Cc1c(C(=O)OCC(=O)N2CCCc3ccccc32)cnn1C. The number of rotatable bonds is 3. The first-order valence-corrected chi connectivity index (χ1v) is 7.62. The minimum Gasteiger partial charge on any atom is -0.452 e. The Balaban J connectivity index is 1.67. The maximum absolute atomic E-state index is 12.4. The molecule has 0 atom stereocenters. The van der Waals surface area contributed by atoms with Gasteiger partial charge in [0.1, 0.15) is 5.56 Å². The van der Waals surface area contributed by atoms with E-state index in [4.69, 9.17) is 4.74 Å². The number of hydrogen-bond acceptors (Lipinski definition) is 4. The molecule has 6 nitrogen and oxygen atoms in total. The molecule has 2 aromatic rings. The molecule has 0 unspecified atom stereocenters. The van der Waals surface area contributed by atoms with Crippen LogP contribution in [0.1, 0.15) is 28.0 Å². The number of esters is 1. The molecule has 1 aromatic carbocycles.